The van der Waals surface area contributed by atoms with Gasteiger partial charge in [0, 0.05) is 13.7 Å². The molecule has 0 amide bonds. The van der Waals surface area contributed by atoms with Crippen molar-refractivity contribution in [3.8, 4) is 0 Å². The summed E-state index contributed by atoms with van der Waals surface area (Å²) >= 11 is 5.07. The van der Waals surface area contributed by atoms with Crippen LogP contribution in [0.5, 0.6) is 0 Å². The standard InChI is InChI=1S/C19H33NO2S/c1-16(2)8-6-9-17(3)10-7-11-18(4)12-14-22-19(23)20-13-15-21-5/h8,10,12H,6-7,9,11,13-15H2,1-5H3,(H,20,23). The molecule has 0 radical (unpaired) electrons. The molecule has 0 fully saturated rings. The summed E-state index contributed by atoms with van der Waals surface area (Å²) in [5.41, 5.74) is 4.19. The maximum absolute atomic E-state index is 5.43. The van der Waals surface area contributed by atoms with E-state index in [0.29, 0.717) is 24.9 Å². The van der Waals surface area contributed by atoms with E-state index in [4.69, 9.17) is 21.7 Å². The SMILES string of the molecule is COCCNC(=S)OCC=C(C)CCC=C(C)CCC=C(C)C. The zero-order chi connectivity index (χ0) is 17.5. The third-order valence-corrected chi connectivity index (χ3v) is 3.61. The van der Waals surface area contributed by atoms with Crippen LogP contribution >= 0.6 is 12.2 Å². The van der Waals surface area contributed by atoms with Gasteiger partial charge in [0.2, 0.25) is 0 Å². The van der Waals surface area contributed by atoms with E-state index in [-0.39, 0.29) is 0 Å². The van der Waals surface area contributed by atoms with Gasteiger partial charge < -0.3 is 14.8 Å². The first kappa shape index (κ1) is 21.9. The second kappa shape index (κ2) is 14.5. The highest BCUT2D eigenvalue weighted by Gasteiger charge is 1.95. The van der Waals surface area contributed by atoms with Crippen molar-refractivity contribution in [2.45, 2.75) is 53.4 Å². The van der Waals surface area contributed by atoms with Crippen molar-refractivity contribution in [2.24, 2.45) is 0 Å². The van der Waals surface area contributed by atoms with E-state index >= 15 is 0 Å². The predicted octanol–water partition coefficient (Wildman–Crippen LogP) is 4.94. The average molecular weight is 340 g/mol. The van der Waals surface area contributed by atoms with Crippen LogP contribution in [0.2, 0.25) is 0 Å². The van der Waals surface area contributed by atoms with E-state index in [1.165, 1.54) is 16.7 Å². The molecule has 132 valence electrons. The Kier molecular flexibility index (Phi) is 13.8. The maximum atomic E-state index is 5.43. The Morgan fingerprint density at radius 3 is 2.17 bits per heavy atom. The Morgan fingerprint density at radius 2 is 1.57 bits per heavy atom. The molecule has 0 saturated heterocycles. The van der Waals surface area contributed by atoms with Crippen LogP contribution in [-0.2, 0) is 9.47 Å². The third-order valence-electron chi connectivity index (χ3n) is 3.34. The highest BCUT2D eigenvalue weighted by atomic mass is 32.1. The van der Waals surface area contributed by atoms with Crippen molar-refractivity contribution in [1.29, 1.82) is 0 Å². The Hall–Kier alpha value is -1.13. The fourth-order valence-corrected chi connectivity index (χ4v) is 2.07. The lowest BCUT2D eigenvalue weighted by molar-refractivity contribution is 0.201. The molecule has 0 spiro atoms. The van der Waals surface area contributed by atoms with Gasteiger partial charge in [-0.25, -0.2) is 0 Å². The second-order valence-electron chi connectivity index (χ2n) is 5.98. The zero-order valence-electron chi connectivity index (χ0n) is 15.4. The van der Waals surface area contributed by atoms with E-state index < -0.39 is 0 Å². The first-order valence-corrected chi connectivity index (χ1v) is 8.70. The molecule has 23 heavy (non-hydrogen) atoms. The Balaban J connectivity index is 3.85. The molecule has 0 bridgehead atoms. The van der Waals surface area contributed by atoms with E-state index in [1.807, 2.05) is 0 Å². The molecule has 0 aliphatic heterocycles. The molecule has 0 aliphatic carbocycles. The highest BCUT2D eigenvalue weighted by molar-refractivity contribution is 7.80. The fourth-order valence-electron chi connectivity index (χ4n) is 1.90. The van der Waals surface area contributed by atoms with Crippen molar-refractivity contribution >= 4 is 17.4 Å². The molecule has 4 heteroatoms. The van der Waals surface area contributed by atoms with Crippen LogP contribution in [0.25, 0.3) is 0 Å². The largest absolute Gasteiger partial charge is 0.467 e. The van der Waals surface area contributed by atoms with Crippen LogP contribution < -0.4 is 5.32 Å². The predicted molar refractivity (Wildman–Crippen MR) is 104 cm³/mol. The van der Waals surface area contributed by atoms with E-state index in [2.05, 4.69) is 51.2 Å². The molecule has 0 aliphatic rings. The van der Waals surface area contributed by atoms with Crippen LogP contribution in [-0.4, -0.2) is 32.0 Å². The van der Waals surface area contributed by atoms with Crippen molar-refractivity contribution in [3.63, 3.8) is 0 Å². The molecule has 0 heterocycles. The monoisotopic (exact) mass is 339 g/mol. The van der Waals surface area contributed by atoms with Gasteiger partial charge in [0.25, 0.3) is 5.17 Å². The van der Waals surface area contributed by atoms with E-state index in [1.54, 1.807) is 7.11 Å². The summed E-state index contributed by atoms with van der Waals surface area (Å²) in [5.74, 6) is 0. The molecule has 3 nitrogen and oxygen atoms in total. The van der Waals surface area contributed by atoms with Gasteiger partial charge in [-0.05, 0) is 71.7 Å². The Morgan fingerprint density at radius 1 is 0.957 bits per heavy atom. The van der Waals surface area contributed by atoms with Gasteiger partial charge in [0.1, 0.15) is 6.61 Å². The van der Waals surface area contributed by atoms with Gasteiger partial charge in [-0.1, -0.05) is 28.9 Å². The zero-order valence-corrected chi connectivity index (χ0v) is 16.2. The number of thiocarbonyl (C=S) groups is 1. The summed E-state index contributed by atoms with van der Waals surface area (Å²) in [5, 5.41) is 3.42. The minimum atomic E-state index is 0.432. The number of ether oxygens (including phenoxy) is 2. The van der Waals surface area contributed by atoms with Crippen molar-refractivity contribution in [1.82, 2.24) is 5.32 Å². The Bertz CT molecular complexity index is 421. The van der Waals surface area contributed by atoms with Crippen molar-refractivity contribution in [3.05, 3.63) is 34.9 Å². The van der Waals surface area contributed by atoms with Gasteiger partial charge in [-0.15, -0.1) is 0 Å². The topological polar surface area (TPSA) is 30.5 Å². The van der Waals surface area contributed by atoms with Crippen LogP contribution in [0.3, 0.4) is 0 Å². The van der Waals surface area contributed by atoms with Crippen LogP contribution in [0, 0.1) is 0 Å². The minimum absolute atomic E-state index is 0.432. The Labute approximate surface area is 147 Å². The van der Waals surface area contributed by atoms with Gasteiger partial charge in [0.05, 0.1) is 6.61 Å². The lowest BCUT2D eigenvalue weighted by Crippen LogP contribution is -2.27. The molecular weight excluding hydrogens is 306 g/mol. The molecule has 0 aromatic carbocycles. The molecule has 0 aromatic rings. The molecule has 0 unspecified atom stereocenters. The minimum Gasteiger partial charge on any atom is -0.467 e. The smallest absolute Gasteiger partial charge is 0.257 e. The molecule has 0 saturated carbocycles. The van der Waals surface area contributed by atoms with Gasteiger partial charge in [-0.2, -0.15) is 0 Å². The summed E-state index contributed by atoms with van der Waals surface area (Å²) in [4.78, 5) is 0. The number of hydrogen-bond donors (Lipinski definition) is 1. The summed E-state index contributed by atoms with van der Waals surface area (Å²) < 4.78 is 10.4. The summed E-state index contributed by atoms with van der Waals surface area (Å²) in [7, 11) is 1.66. The number of hydrogen-bond acceptors (Lipinski definition) is 3. The van der Waals surface area contributed by atoms with E-state index in [9.17, 15) is 0 Å². The summed E-state index contributed by atoms with van der Waals surface area (Å²) in [6.45, 7) is 10.5. The first-order chi connectivity index (χ1) is 11.0. The van der Waals surface area contributed by atoms with E-state index in [0.717, 1.165) is 25.7 Å². The average Bonchev–Trinajstić information content (AvgIpc) is 2.47. The van der Waals surface area contributed by atoms with Crippen LogP contribution in [0.1, 0.15) is 53.4 Å². The second-order valence-corrected chi connectivity index (χ2v) is 6.35. The molecule has 0 aromatic heterocycles. The van der Waals surface area contributed by atoms with Gasteiger partial charge in [0.15, 0.2) is 0 Å². The fraction of sp³-hybridized carbons (Fsp3) is 0.632. The highest BCUT2D eigenvalue weighted by Crippen LogP contribution is 2.11. The third kappa shape index (κ3) is 15.5. The number of nitrogens with one attached hydrogen (secondary N) is 1. The number of rotatable bonds is 11. The molecule has 0 rings (SSSR count). The van der Waals surface area contributed by atoms with Crippen molar-refractivity contribution < 1.29 is 9.47 Å². The number of allylic oxidation sites excluding steroid dienone is 5. The normalized spacial score (nSPS) is 12.0. The quantitative estimate of drug-likeness (QED) is 0.328. The van der Waals surface area contributed by atoms with Gasteiger partial charge >= 0.3 is 0 Å². The van der Waals surface area contributed by atoms with Crippen molar-refractivity contribution in [2.75, 3.05) is 26.9 Å². The lowest BCUT2D eigenvalue weighted by Gasteiger charge is -2.08. The summed E-state index contributed by atoms with van der Waals surface area (Å²) in [6.07, 6.45) is 11.2. The number of methoxy groups -OCH3 is 1. The first-order valence-electron chi connectivity index (χ1n) is 8.30. The molecular formula is C19H33NO2S. The van der Waals surface area contributed by atoms with Crippen LogP contribution in [0.4, 0.5) is 0 Å². The maximum Gasteiger partial charge on any atom is 0.257 e. The summed E-state index contributed by atoms with van der Waals surface area (Å²) in [6, 6.07) is 0. The van der Waals surface area contributed by atoms with Gasteiger partial charge in [-0.3, -0.25) is 0 Å². The lowest BCUT2D eigenvalue weighted by atomic mass is 10.1. The molecule has 0 atom stereocenters. The van der Waals surface area contributed by atoms with Crippen LogP contribution in [0.15, 0.2) is 34.9 Å². The molecule has 1 N–H and O–H groups in total.